The number of carbonyl (C=O) groups is 1. The van der Waals surface area contributed by atoms with Gasteiger partial charge in [-0.05, 0) is 37.0 Å². The van der Waals surface area contributed by atoms with E-state index in [-0.39, 0.29) is 5.91 Å². The molecule has 0 aliphatic heterocycles. The first-order chi connectivity index (χ1) is 9.08. The number of methoxy groups -OCH3 is 1. The summed E-state index contributed by atoms with van der Waals surface area (Å²) in [6.07, 6.45) is 2.04. The van der Waals surface area contributed by atoms with Crippen LogP contribution >= 0.6 is 27.5 Å². The fraction of sp³-hybridized carbons (Fsp3) is 0.500. The highest BCUT2D eigenvalue weighted by Crippen LogP contribution is 2.22. The molecule has 1 aromatic carbocycles. The number of amides is 1. The number of rotatable bonds is 7. The third-order valence-electron chi connectivity index (χ3n) is 2.83. The van der Waals surface area contributed by atoms with E-state index in [0.717, 1.165) is 18.2 Å². The molecule has 106 valence electrons. The summed E-state index contributed by atoms with van der Waals surface area (Å²) in [5, 5.41) is 4.40. The number of halogens is 2. The van der Waals surface area contributed by atoms with Crippen LogP contribution in [0, 0.1) is 5.92 Å². The molecule has 19 heavy (non-hydrogen) atoms. The van der Waals surface area contributed by atoms with Crippen molar-refractivity contribution in [3.63, 3.8) is 0 Å². The molecule has 0 saturated carbocycles. The van der Waals surface area contributed by atoms with Crippen molar-refractivity contribution in [2.75, 3.05) is 19.0 Å². The van der Waals surface area contributed by atoms with Crippen molar-refractivity contribution in [2.24, 2.45) is 5.92 Å². The van der Waals surface area contributed by atoms with Gasteiger partial charge in [-0.3, -0.25) is 4.79 Å². The molecule has 1 atom stereocenters. The van der Waals surface area contributed by atoms with Gasteiger partial charge in [0, 0.05) is 16.9 Å². The summed E-state index contributed by atoms with van der Waals surface area (Å²) >= 11 is 9.34. The number of ether oxygens (including phenoxy) is 1. The Hall–Kier alpha value is -0.740. The van der Waals surface area contributed by atoms with E-state index in [2.05, 4.69) is 28.2 Å². The SMILES string of the molecule is COc1ccc(Cl)cc1C(=O)NCCCC(C)CBr. The fourth-order valence-electron chi connectivity index (χ4n) is 1.68. The third kappa shape index (κ3) is 5.41. The lowest BCUT2D eigenvalue weighted by molar-refractivity contribution is 0.0949. The number of hydrogen-bond acceptors (Lipinski definition) is 2. The highest BCUT2D eigenvalue weighted by Gasteiger charge is 2.12. The molecule has 1 rings (SSSR count). The average molecular weight is 349 g/mol. The molecule has 1 unspecified atom stereocenters. The predicted molar refractivity (Wildman–Crippen MR) is 82.5 cm³/mol. The zero-order valence-corrected chi connectivity index (χ0v) is 13.6. The maximum Gasteiger partial charge on any atom is 0.255 e. The molecule has 5 heteroatoms. The van der Waals surface area contributed by atoms with Gasteiger partial charge in [0.2, 0.25) is 0 Å². The molecule has 0 aliphatic carbocycles. The van der Waals surface area contributed by atoms with Crippen LogP contribution in [0.2, 0.25) is 5.02 Å². The van der Waals surface area contributed by atoms with E-state index in [1.807, 2.05) is 0 Å². The van der Waals surface area contributed by atoms with Crippen LogP contribution in [0.5, 0.6) is 5.75 Å². The summed E-state index contributed by atoms with van der Waals surface area (Å²) in [4.78, 5) is 12.0. The molecule has 0 bridgehead atoms. The van der Waals surface area contributed by atoms with E-state index in [4.69, 9.17) is 16.3 Å². The summed E-state index contributed by atoms with van der Waals surface area (Å²) in [5.41, 5.74) is 0.475. The van der Waals surface area contributed by atoms with Crippen molar-refractivity contribution in [2.45, 2.75) is 19.8 Å². The van der Waals surface area contributed by atoms with Crippen molar-refractivity contribution < 1.29 is 9.53 Å². The Labute approximate surface area is 127 Å². The first kappa shape index (κ1) is 16.3. The fourth-order valence-corrected chi connectivity index (χ4v) is 2.18. The van der Waals surface area contributed by atoms with Crippen LogP contribution < -0.4 is 10.1 Å². The molecule has 0 saturated heterocycles. The second-order valence-corrected chi connectivity index (χ2v) is 5.59. The molecular weight excluding hydrogens is 330 g/mol. The van der Waals surface area contributed by atoms with Gasteiger partial charge in [0.1, 0.15) is 5.75 Å². The van der Waals surface area contributed by atoms with E-state index >= 15 is 0 Å². The number of alkyl halides is 1. The maximum atomic E-state index is 12.0. The van der Waals surface area contributed by atoms with Gasteiger partial charge in [-0.2, -0.15) is 0 Å². The quantitative estimate of drug-likeness (QED) is 0.599. The average Bonchev–Trinajstić information content (AvgIpc) is 2.42. The molecule has 0 aromatic heterocycles. The Morgan fingerprint density at radius 3 is 2.89 bits per heavy atom. The largest absolute Gasteiger partial charge is 0.496 e. The van der Waals surface area contributed by atoms with Gasteiger partial charge >= 0.3 is 0 Å². The molecular formula is C14H19BrClNO2. The molecule has 1 aromatic rings. The lowest BCUT2D eigenvalue weighted by Gasteiger charge is -2.11. The van der Waals surface area contributed by atoms with Crippen LogP contribution in [0.25, 0.3) is 0 Å². The van der Waals surface area contributed by atoms with Crippen molar-refractivity contribution in [3.8, 4) is 5.75 Å². The lowest BCUT2D eigenvalue weighted by Crippen LogP contribution is -2.25. The minimum Gasteiger partial charge on any atom is -0.496 e. The summed E-state index contributed by atoms with van der Waals surface area (Å²) in [7, 11) is 1.54. The van der Waals surface area contributed by atoms with Gasteiger partial charge in [-0.1, -0.05) is 34.5 Å². The van der Waals surface area contributed by atoms with Crippen LogP contribution in [0.1, 0.15) is 30.1 Å². The second-order valence-electron chi connectivity index (χ2n) is 4.50. The molecule has 0 radical (unpaired) electrons. The Morgan fingerprint density at radius 2 is 2.26 bits per heavy atom. The minimum absolute atomic E-state index is 0.147. The number of carbonyl (C=O) groups excluding carboxylic acids is 1. The zero-order valence-electron chi connectivity index (χ0n) is 11.2. The van der Waals surface area contributed by atoms with Crippen molar-refractivity contribution in [1.29, 1.82) is 0 Å². The molecule has 0 heterocycles. The predicted octanol–water partition coefficient (Wildman–Crippen LogP) is 3.89. The lowest BCUT2D eigenvalue weighted by atomic mass is 10.1. The van der Waals surface area contributed by atoms with Crippen LogP contribution in [0.15, 0.2) is 18.2 Å². The van der Waals surface area contributed by atoms with Crippen LogP contribution in [-0.4, -0.2) is 24.9 Å². The molecule has 0 spiro atoms. The van der Waals surface area contributed by atoms with Gasteiger partial charge in [0.25, 0.3) is 5.91 Å². The van der Waals surface area contributed by atoms with E-state index in [0.29, 0.717) is 28.8 Å². The second kappa shape index (κ2) is 8.43. The van der Waals surface area contributed by atoms with Crippen LogP contribution in [-0.2, 0) is 0 Å². The first-order valence-electron chi connectivity index (χ1n) is 6.26. The summed E-state index contributed by atoms with van der Waals surface area (Å²) in [6.45, 7) is 2.84. The topological polar surface area (TPSA) is 38.3 Å². The third-order valence-corrected chi connectivity index (χ3v) is 4.17. The van der Waals surface area contributed by atoms with Crippen LogP contribution in [0.3, 0.4) is 0 Å². The Morgan fingerprint density at radius 1 is 1.53 bits per heavy atom. The Kier molecular flexibility index (Phi) is 7.24. The summed E-state index contributed by atoms with van der Waals surface area (Å²) in [6, 6.07) is 5.02. The van der Waals surface area contributed by atoms with E-state index in [1.165, 1.54) is 7.11 Å². The van der Waals surface area contributed by atoms with Crippen LogP contribution in [0.4, 0.5) is 0 Å². The Balaban J connectivity index is 2.51. The van der Waals surface area contributed by atoms with Crippen molar-refractivity contribution in [3.05, 3.63) is 28.8 Å². The molecule has 1 N–H and O–H groups in total. The van der Waals surface area contributed by atoms with Gasteiger partial charge in [-0.15, -0.1) is 0 Å². The normalized spacial score (nSPS) is 12.0. The number of hydrogen-bond donors (Lipinski definition) is 1. The Bertz CT molecular complexity index is 426. The van der Waals surface area contributed by atoms with Gasteiger partial charge < -0.3 is 10.1 Å². The number of benzene rings is 1. The molecule has 0 fully saturated rings. The van der Waals surface area contributed by atoms with Crippen molar-refractivity contribution >= 4 is 33.4 Å². The highest BCUT2D eigenvalue weighted by molar-refractivity contribution is 9.09. The van der Waals surface area contributed by atoms with E-state index in [9.17, 15) is 4.79 Å². The van der Waals surface area contributed by atoms with E-state index < -0.39 is 0 Å². The number of nitrogens with one attached hydrogen (secondary N) is 1. The molecule has 1 amide bonds. The molecule has 3 nitrogen and oxygen atoms in total. The molecule has 0 aliphatic rings. The van der Waals surface area contributed by atoms with Gasteiger partial charge in [0.05, 0.1) is 12.7 Å². The first-order valence-corrected chi connectivity index (χ1v) is 7.76. The maximum absolute atomic E-state index is 12.0. The van der Waals surface area contributed by atoms with Gasteiger partial charge in [0.15, 0.2) is 0 Å². The summed E-state index contributed by atoms with van der Waals surface area (Å²) < 4.78 is 5.16. The van der Waals surface area contributed by atoms with Gasteiger partial charge in [-0.25, -0.2) is 0 Å². The zero-order chi connectivity index (χ0) is 14.3. The standard InChI is InChI=1S/C14H19BrClNO2/c1-10(9-15)4-3-7-17-14(18)12-8-11(16)5-6-13(12)19-2/h5-6,8,10H,3-4,7,9H2,1-2H3,(H,17,18). The van der Waals surface area contributed by atoms with Crippen molar-refractivity contribution in [1.82, 2.24) is 5.32 Å². The monoisotopic (exact) mass is 347 g/mol. The minimum atomic E-state index is -0.147. The highest BCUT2D eigenvalue weighted by atomic mass is 79.9. The van der Waals surface area contributed by atoms with E-state index in [1.54, 1.807) is 18.2 Å². The summed E-state index contributed by atoms with van der Waals surface area (Å²) in [5.74, 6) is 1.01. The smallest absolute Gasteiger partial charge is 0.255 e.